The Morgan fingerprint density at radius 2 is 2.13 bits per heavy atom. The van der Waals surface area contributed by atoms with E-state index < -0.39 is 5.82 Å². The van der Waals surface area contributed by atoms with Crippen LogP contribution in [0, 0.1) is 12.7 Å². The zero-order valence-electron chi connectivity index (χ0n) is 13.0. The predicted molar refractivity (Wildman–Crippen MR) is 84.9 cm³/mol. The second-order valence-corrected chi connectivity index (χ2v) is 5.59. The lowest BCUT2D eigenvalue weighted by Crippen LogP contribution is -2.17. The molecule has 0 bridgehead atoms. The van der Waals surface area contributed by atoms with Gasteiger partial charge in [-0.1, -0.05) is 13.8 Å². The number of aryl methyl sites for hydroxylation is 1. The van der Waals surface area contributed by atoms with E-state index in [9.17, 15) is 9.18 Å². The molecule has 0 aliphatic rings. The second-order valence-electron chi connectivity index (χ2n) is 5.59. The van der Waals surface area contributed by atoms with E-state index in [-0.39, 0.29) is 17.6 Å². The van der Waals surface area contributed by atoms with Crippen molar-refractivity contribution < 1.29 is 9.18 Å². The predicted octanol–water partition coefficient (Wildman–Crippen LogP) is 3.18. The number of carbonyl (C=O) groups excluding carboxylic acids is 1. The Morgan fingerprint density at radius 1 is 1.35 bits per heavy atom. The van der Waals surface area contributed by atoms with Crippen molar-refractivity contribution >= 4 is 22.6 Å². The van der Waals surface area contributed by atoms with Crippen LogP contribution in [-0.4, -0.2) is 26.1 Å². The molecule has 0 saturated heterocycles. The van der Waals surface area contributed by atoms with Crippen molar-refractivity contribution in [3.63, 3.8) is 0 Å². The number of nitrogens with one attached hydrogen (secondary N) is 2. The van der Waals surface area contributed by atoms with Gasteiger partial charge >= 0.3 is 0 Å². The van der Waals surface area contributed by atoms with Gasteiger partial charge < -0.3 is 5.32 Å². The van der Waals surface area contributed by atoms with Crippen LogP contribution in [0.5, 0.6) is 0 Å². The third-order valence-corrected chi connectivity index (χ3v) is 3.49. The minimum atomic E-state index is -0.393. The number of H-pyrrole nitrogens is 1. The van der Waals surface area contributed by atoms with E-state index in [4.69, 9.17) is 0 Å². The summed E-state index contributed by atoms with van der Waals surface area (Å²) >= 11 is 0. The lowest BCUT2D eigenvalue weighted by Gasteiger charge is -2.11. The first-order chi connectivity index (χ1) is 11.0. The number of carbonyl (C=O) groups is 1. The van der Waals surface area contributed by atoms with Gasteiger partial charge in [0, 0.05) is 11.6 Å². The number of fused-ring (bicyclic) bond motifs is 1. The Labute approximate surface area is 132 Å². The Hall–Kier alpha value is -2.83. The Bertz CT molecular complexity index is 887. The van der Waals surface area contributed by atoms with E-state index in [1.165, 1.54) is 18.3 Å². The first-order valence-corrected chi connectivity index (χ1v) is 7.24. The Kier molecular flexibility index (Phi) is 3.77. The number of benzene rings is 1. The molecule has 3 rings (SSSR count). The van der Waals surface area contributed by atoms with Gasteiger partial charge in [-0.2, -0.15) is 5.10 Å². The first-order valence-electron chi connectivity index (χ1n) is 7.24. The van der Waals surface area contributed by atoms with Crippen LogP contribution in [0.15, 0.2) is 24.4 Å². The van der Waals surface area contributed by atoms with E-state index >= 15 is 0 Å². The number of anilines is 1. The maximum Gasteiger partial charge on any atom is 0.260 e. The van der Waals surface area contributed by atoms with Crippen LogP contribution in [-0.2, 0) is 0 Å². The fourth-order valence-electron chi connectivity index (χ4n) is 2.36. The highest BCUT2D eigenvalue weighted by atomic mass is 19.1. The van der Waals surface area contributed by atoms with Crippen LogP contribution in [0.2, 0.25) is 0 Å². The average Bonchev–Trinajstić information content (AvgIpc) is 2.89. The zero-order valence-corrected chi connectivity index (χ0v) is 13.0. The van der Waals surface area contributed by atoms with Crippen molar-refractivity contribution in [1.82, 2.24) is 20.2 Å². The molecule has 0 fully saturated rings. The van der Waals surface area contributed by atoms with Gasteiger partial charge in [-0.3, -0.25) is 9.89 Å². The largest absolute Gasteiger partial charge is 0.304 e. The molecule has 1 aromatic carbocycles. The van der Waals surface area contributed by atoms with Crippen molar-refractivity contribution in [1.29, 1.82) is 0 Å². The molecule has 0 atom stereocenters. The summed E-state index contributed by atoms with van der Waals surface area (Å²) in [7, 11) is 0. The van der Waals surface area contributed by atoms with Crippen molar-refractivity contribution in [2.45, 2.75) is 26.7 Å². The molecule has 0 aliphatic heterocycles. The monoisotopic (exact) mass is 313 g/mol. The highest BCUT2D eigenvalue weighted by molar-refractivity contribution is 6.08. The zero-order chi connectivity index (χ0) is 16.6. The van der Waals surface area contributed by atoms with Gasteiger partial charge in [-0.25, -0.2) is 14.4 Å². The molecule has 0 unspecified atom stereocenters. The normalized spacial score (nSPS) is 11.2. The molecule has 2 aromatic heterocycles. The summed E-state index contributed by atoms with van der Waals surface area (Å²) in [6.45, 7) is 5.69. The minimum Gasteiger partial charge on any atom is -0.304 e. The fraction of sp³-hybridized carbons (Fsp3) is 0.250. The average molecular weight is 313 g/mol. The number of hydrogen-bond donors (Lipinski definition) is 2. The second kappa shape index (κ2) is 5.75. The molecule has 1 amide bonds. The molecule has 0 spiro atoms. The maximum atomic E-state index is 13.4. The molecule has 118 valence electrons. The number of amides is 1. The summed E-state index contributed by atoms with van der Waals surface area (Å²) in [5.74, 6) is 0.199. The van der Waals surface area contributed by atoms with E-state index in [2.05, 4.69) is 25.5 Å². The number of nitrogens with zero attached hydrogens (tertiary/aromatic N) is 3. The molecule has 6 nitrogen and oxygen atoms in total. The van der Waals surface area contributed by atoms with Crippen molar-refractivity contribution in [2.24, 2.45) is 0 Å². The summed E-state index contributed by atoms with van der Waals surface area (Å²) in [6.07, 6.45) is 1.50. The van der Waals surface area contributed by atoms with Crippen LogP contribution >= 0.6 is 0 Å². The van der Waals surface area contributed by atoms with Gasteiger partial charge in [-0.05, 0) is 31.0 Å². The molecule has 23 heavy (non-hydrogen) atoms. The third kappa shape index (κ3) is 2.90. The maximum absolute atomic E-state index is 13.4. The van der Waals surface area contributed by atoms with E-state index in [0.29, 0.717) is 28.0 Å². The lowest BCUT2D eigenvalue weighted by atomic mass is 10.0. The number of halogens is 1. The summed E-state index contributed by atoms with van der Waals surface area (Å²) in [4.78, 5) is 21.0. The first kappa shape index (κ1) is 15.1. The van der Waals surface area contributed by atoms with Crippen LogP contribution in [0.3, 0.4) is 0 Å². The van der Waals surface area contributed by atoms with Crippen LogP contribution in [0.4, 0.5) is 10.2 Å². The highest BCUT2D eigenvalue weighted by Gasteiger charge is 2.18. The Balaban J connectivity index is 1.97. The van der Waals surface area contributed by atoms with E-state index in [0.717, 1.165) is 0 Å². The van der Waals surface area contributed by atoms with Crippen molar-refractivity contribution in [3.8, 4) is 0 Å². The SMILES string of the molecule is Cc1ncc(C(=O)Nc2n[nH]c3ccc(F)cc23)c(C(C)C)n1. The third-order valence-electron chi connectivity index (χ3n) is 3.49. The van der Waals surface area contributed by atoms with Gasteiger partial charge in [0.15, 0.2) is 5.82 Å². The van der Waals surface area contributed by atoms with Crippen LogP contribution < -0.4 is 5.32 Å². The smallest absolute Gasteiger partial charge is 0.260 e. The number of aromatic nitrogens is 4. The van der Waals surface area contributed by atoms with Crippen LogP contribution in [0.25, 0.3) is 10.9 Å². The van der Waals surface area contributed by atoms with Gasteiger partial charge in [0.1, 0.15) is 11.6 Å². The summed E-state index contributed by atoms with van der Waals surface area (Å²) in [6, 6.07) is 4.22. The number of hydrogen-bond acceptors (Lipinski definition) is 4. The summed E-state index contributed by atoms with van der Waals surface area (Å²) < 4.78 is 13.4. The highest BCUT2D eigenvalue weighted by Crippen LogP contribution is 2.23. The molecule has 0 radical (unpaired) electrons. The van der Waals surface area contributed by atoms with E-state index in [1.807, 2.05) is 13.8 Å². The molecular weight excluding hydrogens is 297 g/mol. The van der Waals surface area contributed by atoms with Gasteiger partial charge in [0.2, 0.25) is 0 Å². The topological polar surface area (TPSA) is 83.6 Å². The molecule has 0 saturated carbocycles. The van der Waals surface area contributed by atoms with Gasteiger partial charge in [-0.15, -0.1) is 0 Å². The van der Waals surface area contributed by atoms with Crippen LogP contribution in [0.1, 0.15) is 41.6 Å². The van der Waals surface area contributed by atoms with Crippen molar-refractivity contribution in [2.75, 3.05) is 5.32 Å². The summed E-state index contributed by atoms with van der Waals surface area (Å²) in [5, 5.41) is 9.99. The Morgan fingerprint density at radius 3 is 2.87 bits per heavy atom. The minimum absolute atomic E-state index is 0.0748. The van der Waals surface area contributed by atoms with Gasteiger partial charge in [0.25, 0.3) is 5.91 Å². The van der Waals surface area contributed by atoms with Gasteiger partial charge in [0.05, 0.1) is 16.8 Å². The molecule has 0 aliphatic carbocycles. The standard InChI is InChI=1S/C16H16FN5O/c1-8(2)14-12(7-18-9(3)19-14)16(23)20-15-11-6-10(17)4-5-13(11)21-22-15/h4-8H,1-3H3,(H2,20,21,22,23). The van der Waals surface area contributed by atoms with Crippen molar-refractivity contribution in [3.05, 3.63) is 47.3 Å². The molecule has 7 heteroatoms. The molecular formula is C16H16FN5O. The molecule has 2 N–H and O–H groups in total. The number of aromatic amines is 1. The number of rotatable bonds is 3. The van der Waals surface area contributed by atoms with E-state index in [1.54, 1.807) is 13.0 Å². The molecule has 2 heterocycles. The quantitative estimate of drug-likeness (QED) is 0.778. The fourth-order valence-corrected chi connectivity index (χ4v) is 2.36. The lowest BCUT2D eigenvalue weighted by molar-refractivity contribution is 0.102. The molecule has 3 aromatic rings. The summed E-state index contributed by atoms with van der Waals surface area (Å²) in [5.41, 5.74) is 1.70.